The summed E-state index contributed by atoms with van der Waals surface area (Å²) in [4.78, 5) is 2.43. The normalized spacial score (nSPS) is 15.9. The molecule has 1 N–H and O–H groups in total. The average molecular weight is 379 g/mol. The zero-order chi connectivity index (χ0) is 16.1. The van der Waals surface area contributed by atoms with Crippen molar-refractivity contribution in [1.29, 1.82) is 0 Å². The Labute approximate surface area is 145 Å². The van der Waals surface area contributed by atoms with Gasteiger partial charge in [0, 0.05) is 36.2 Å². The van der Waals surface area contributed by atoms with E-state index in [0.717, 1.165) is 67.5 Å². The van der Waals surface area contributed by atoms with E-state index in [1.54, 1.807) is 0 Å². The number of nitrogens with one attached hydrogen (secondary N) is 1. The third-order valence-electron chi connectivity index (χ3n) is 4.11. The van der Waals surface area contributed by atoms with E-state index in [2.05, 4.69) is 57.3 Å². The molecule has 0 radical (unpaired) electrons. The van der Waals surface area contributed by atoms with E-state index in [9.17, 15) is 0 Å². The second kappa shape index (κ2) is 8.11. The fourth-order valence-electron chi connectivity index (χ4n) is 2.70. The lowest BCUT2D eigenvalue weighted by atomic mass is 10.1. The maximum absolute atomic E-state index is 5.95. The molecule has 0 unspecified atom stereocenters. The van der Waals surface area contributed by atoms with Gasteiger partial charge in [0.05, 0.1) is 19.8 Å². The molecule has 1 aliphatic heterocycles. The number of hydrogen-bond donors (Lipinski definition) is 1. The summed E-state index contributed by atoms with van der Waals surface area (Å²) < 4.78 is 12.4. The highest BCUT2D eigenvalue weighted by Crippen LogP contribution is 2.26. The molecule has 4 nitrogen and oxygen atoms in total. The van der Waals surface area contributed by atoms with Gasteiger partial charge in [-0.3, -0.25) is 4.90 Å². The Morgan fingerprint density at radius 1 is 1.17 bits per heavy atom. The smallest absolute Gasteiger partial charge is 0.134 e. The average Bonchev–Trinajstić information content (AvgIpc) is 3.04. The van der Waals surface area contributed by atoms with E-state index in [1.165, 1.54) is 5.56 Å². The quantitative estimate of drug-likeness (QED) is 0.781. The Kier molecular flexibility index (Phi) is 5.89. The largest absolute Gasteiger partial charge is 0.460 e. The van der Waals surface area contributed by atoms with Gasteiger partial charge in [-0.05, 0) is 36.8 Å². The van der Waals surface area contributed by atoms with Crippen molar-refractivity contribution in [1.82, 2.24) is 10.2 Å². The van der Waals surface area contributed by atoms with Gasteiger partial charge in [0.1, 0.15) is 11.5 Å². The van der Waals surface area contributed by atoms with Gasteiger partial charge in [0.25, 0.3) is 0 Å². The highest BCUT2D eigenvalue weighted by Gasteiger charge is 2.10. The van der Waals surface area contributed by atoms with Crippen LogP contribution in [0.1, 0.15) is 11.3 Å². The van der Waals surface area contributed by atoms with E-state index in [1.807, 2.05) is 6.07 Å². The van der Waals surface area contributed by atoms with E-state index < -0.39 is 0 Å². The molecule has 0 amide bonds. The summed E-state index contributed by atoms with van der Waals surface area (Å²) in [6.07, 6.45) is 0. The predicted molar refractivity (Wildman–Crippen MR) is 95.5 cm³/mol. The lowest BCUT2D eigenvalue weighted by Crippen LogP contribution is -2.40. The van der Waals surface area contributed by atoms with Crippen molar-refractivity contribution in [3.63, 3.8) is 0 Å². The van der Waals surface area contributed by atoms with Gasteiger partial charge in [-0.1, -0.05) is 22.0 Å². The molecule has 1 fully saturated rings. The van der Waals surface area contributed by atoms with Crippen molar-refractivity contribution in [2.24, 2.45) is 0 Å². The van der Waals surface area contributed by atoms with E-state index in [0.29, 0.717) is 0 Å². The minimum Gasteiger partial charge on any atom is -0.460 e. The number of hydrogen-bond acceptors (Lipinski definition) is 4. The second-order valence-corrected chi connectivity index (χ2v) is 6.72. The molecule has 1 aromatic carbocycles. The van der Waals surface area contributed by atoms with Crippen molar-refractivity contribution in [3.05, 3.63) is 46.1 Å². The molecule has 0 atom stereocenters. The molecular weight excluding hydrogens is 356 g/mol. The van der Waals surface area contributed by atoms with Crippen LogP contribution in [0.3, 0.4) is 0 Å². The van der Waals surface area contributed by atoms with Crippen LogP contribution in [0.25, 0.3) is 11.3 Å². The maximum atomic E-state index is 5.95. The highest BCUT2D eigenvalue weighted by atomic mass is 79.9. The zero-order valence-electron chi connectivity index (χ0n) is 13.5. The number of morpholine rings is 1. The summed E-state index contributed by atoms with van der Waals surface area (Å²) in [5, 5.41) is 3.45. The van der Waals surface area contributed by atoms with Crippen LogP contribution >= 0.6 is 15.9 Å². The lowest BCUT2D eigenvalue weighted by Gasteiger charge is -2.26. The van der Waals surface area contributed by atoms with Gasteiger partial charge in [-0.25, -0.2) is 0 Å². The monoisotopic (exact) mass is 378 g/mol. The Balaban J connectivity index is 1.48. The molecule has 1 aliphatic rings. The summed E-state index contributed by atoms with van der Waals surface area (Å²) in [6.45, 7) is 8.66. The van der Waals surface area contributed by atoms with Crippen LogP contribution in [0.2, 0.25) is 0 Å². The summed E-state index contributed by atoms with van der Waals surface area (Å²) in [5.74, 6) is 1.90. The van der Waals surface area contributed by atoms with Crippen LogP contribution in [-0.2, 0) is 11.3 Å². The van der Waals surface area contributed by atoms with Gasteiger partial charge in [0.2, 0.25) is 0 Å². The Morgan fingerprint density at radius 3 is 2.78 bits per heavy atom. The minimum absolute atomic E-state index is 0.764. The fourth-order valence-corrected chi connectivity index (χ4v) is 2.95. The van der Waals surface area contributed by atoms with Crippen LogP contribution in [-0.4, -0.2) is 44.3 Å². The first kappa shape index (κ1) is 16.7. The highest BCUT2D eigenvalue weighted by molar-refractivity contribution is 9.10. The van der Waals surface area contributed by atoms with Crippen LogP contribution in [0, 0.1) is 6.92 Å². The molecule has 2 heterocycles. The molecular formula is C18H23BrN2O2. The van der Waals surface area contributed by atoms with Gasteiger partial charge in [0.15, 0.2) is 0 Å². The lowest BCUT2D eigenvalue weighted by molar-refractivity contribution is 0.0383. The Morgan fingerprint density at radius 2 is 2.00 bits per heavy atom. The van der Waals surface area contributed by atoms with Crippen molar-refractivity contribution < 1.29 is 9.15 Å². The first-order chi connectivity index (χ1) is 11.2. The third kappa shape index (κ3) is 4.67. The number of ether oxygens (including phenoxy) is 1. The van der Waals surface area contributed by atoms with Crippen LogP contribution in [0.5, 0.6) is 0 Å². The fraction of sp³-hybridized carbons (Fsp3) is 0.444. The summed E-state index contributed by atoms with van der Waals surface area (Å²) in [5.41, 5.74) is 2.33. The number of aryl methyl sites for hydroxylation is 1. The van der Waals surface area contributed by atoms with Gasteiger partial charge < -0.3 is 14.5 Å². The van der Waals surface area contributed by atoms with Crippen molar-refractivity contribution >= 4 is 15.9 Å². The van der Waals surface area contributed by atoms with Crippen molar-refractivity contribution in [3.8, 4) is 11.3 Å². The van der Waals surface area contributed by atoms with Crippen LogP contribution < -0.4 is 5.32 Å². The molecule has 0 saturated carbocycles. The maximum Gasteiger partial charge on any atom is 0.134 e. The molecule has 124 valence electrons. The van der Waals surface area contributed by atoms with Gasteiger partial charge in [-0.15, -0.1) is 0 Å². The second-order valence-electron chi connectivity index (χ2n) is 5.86. The zero-order valence-corrected chi connectivity index (χ0v) is 15.1. The molecule has 0 spiro atoms. The molecule has 23 heavy (non-hydrogen) atoms. The van der Waals surface area contributed by atoms with E-state index in [4.69, 9.17) is 9.15 Å². The number of furan rings is 1. The number of benzene rings is 1. The van der Waals surface area contributed by atoms with E-state index in [-0.39, 0.29) is 0 Å². The van der Waals surface area contributed by atoms with Crippen molar-refractivity contribution in [2.75, 3.05) is 39.4 Å². The SMILES string of the molecule is Cc1cc(-c2ccc(CNCCN3CCOCC3)o2)ccc1Br. The van der Waals surface area contributed by atoms with Gasteiger partial charge in [-0.2, -0.15) is 0 Å². The minimum atomic E-state index is 0.764. The summed E-state index contributed by atoms with van der Waals surface area (Å²) >= 11 is 3.53. The predicted octanol–water partition coefficient (Wildman–Crippen LogP) is 3.44. The Bertz CT molecular complexity index is 636. The van der Waals surface area contributed by atoms with Crippen LogP contribution in [0.4, 0.5) is 0 Å². The summed E-state index contributed by atoms with van der Waals surface area (Å²) in [6, 6.07) is 10.4. The first-order valence-corrected chi connectivity index (χ1v) is 8.88. The Hall–Kier alpha value is -1.14. The van der Waals surface area contributed by atoms with Gasteiger partial charge >= 0.3 is 0 Å². The molecule has 0 aliphatic carbocycles. The molecule has 1 aromatic heterocycles. The molecule has 5 heteroatoms. The molecule has 0 bridgehead atoms. The molecule has 3 rings (SSSR count). The third-order valence-corrected chi connectivity index (χ3v) is 5.00. The number of rotatable bonds is 6. The first-order valence-electron chi connectivity index (χ1n) is 8.08. The summed E-state index contributed by atoms with van der Waals surface area (Å²) in [7, 11) is 0. The number of halogens is 1. The van der Waals surface area contributed by atoms with Crippen molar-refractivity contribution in [2.45, 2.75) is 13.5 Å². The topological polar surface area (TPSA) is 37.6 Å². The molecule has 1 saturated heterocycles. The van der Waals surface area contributed by atoms with E-state index >= 15 is 0 Å². The number of nitrogens with zero attached hydrogens (tertiary/aromatic N) is 1. The van der Waals surface area contributed by atoms with Crippen LogP contribution in [0.15, 0.2) is 39.2 Å². The standard InChI is InChI=1S/C18H23BrN2O2/c1-14-12-15(2-4-17(14)19)18-5-3-16(23-18)13-20-6-7-21-8-10-22-11-9-21/h2-5,12,20H,6-11,13H2,1H3. The molecule has 2 aromatic rings.